The van der Waals surface area contributed by atoms with E-state index in [1.54, 1.807) is 0 Å². The van der Waals surface area contributed by atoms with Crippen LogP contribution in [0.25, 0.3) is 0 Å². The summed E-state index contributed by atoms with van der Waals surface area (Å²) < 4.78 is 0. The van der Waals surface area contributed by atoms with Gasteiger partial charge < -0.3 is 9.80 Å². The number of likely N-dealkylation sites (tertiary alicyclic amines) is 2. The lowest BCUT2D eigenvalue weighted by Crippen LogP contribution is -2.59. The second-order valence-electron chi connectivity index (χ2n) is 4.61. The Labute approximate surface area is 103 Å². The van der Waals surface area contributed by atoms with Crippen LogP contribution >= 0.6 is 0 Å². The van der Waals surface area contributed by atoms with E-state index in [4.69, 9.17) is 0 Å². The Morgan fingerprint density at radius 2 is 1.38 bits per heavy atom. The minimum atomic E-state index is 0.739. The third-order valence-electron chi connectivity index (χ3n) is 3.61. The second-order valence-corrected chi connectivity index (χ2v) is 4.61. The summed E-state index contributed by atoms with van der Waals surface area (Å²) in [6.07, 6.45) is 2.86. The Kier molecular flexibility index (Phi) is 8.04. The Bertz CT molecular complexity index is 145. The standard InChI is InChI=1S/C10H20N2.2C2H6/c1-3-12-8-10(9-12)4-6-11(2)7-5-10;2*1-2/h3-9H2,1-2H3;2*1-2H3. The summed E-state index contributed by atoms with van der Waals surface area (Å²) in [6, 6.07) is 0. The SMILES string of the molecule is CC.CC.CCN1CC2(CCN(C)CC2)C1. The average Bonchev–Trinajstić information content (AvgIpc) is 2.33. The van der Waals surface area contributed by atoms with Crippen molar-refractivity contribution >= 4 is 0 Å². The van der Waals surface area contributed by atoms with Crippen molar-refractivity contribution in [2.24, 2.45) is 5.41 Å². The van der Waals surface area contributed by atoms with E-state index in [1.165, 1.54) is 45.6 Å². The maximum Gasteiger partial charge on any atom is 0.00513 e. The van der Waals surface area contributed by atoms with Gasteiger partial charge in [-0.1, -0.05) is 34.6 Å². The van der Waals surface area contributed by atoms with E-state index in [2.05, 4.69) is 23.8 Å². The first-order chi connectivity index (χ1) is 7.74. The summed E-state index contributed by atoms with van der Waals surface area (Å²) >= 11 is 0. The van der Waals surface area contributed by atoms with E-state index in [0.29, 0.717) is 0 Å². The van der Waals surface area contributed by atoms with E-state index >= 15 is 0 Å². The Morgan fingerprint density at radius 3 is 1.75 bits per heavy atom. The summed E-state index contributed by atoms with van der Waals surface area (Å²) in [4.78, 5) is 5.02. The molecule has 0 N–H and O–H groups in total. The molecule has 16 heavy (non-hydrogen) atoms. The monoisotopic (exact) mass is 228 g/mol. The topological polar surface area (TPSA) is 6.48 Å². The van der Waals surface area contributed by atoms with Crippen molar-refractivity contribution in [1.82, 2.24) is 9.80 Å². The van der Waals surface area contributed by atoms with Crippen molar-refractivity contribution in [3.63, 3.8) is 0 Å². The number of rotatable bonds is 1. The van der Waals surface area contributed by atoms with E-state index in [-0.39, 0.29) is 0 Å². The molecular weight excluding hydrogens is 196 g/mol. The van der Waals surface area contributed by atoms with E-state index in [9.17, 15) is 0 Å². The highest BCUT2D eigenvalue weighted by atomic mass is 15.2. The minimum Gasteiger partial charge on any atom is -0.306 e. The van der Waals surface area contributed by atoms with Gasteiger partial charge in [0.15, 0.2) is 0 Å². The van der Waals surface area contributed by atoms with Crippen molar-refractivity contribution in [2.45, 2.75) is 47.5 Å². The average molecular weight is 228 g/mol. The van der Waals surface area contributed by atoms with Crippen LogP contribution in [0.4, 0.5) is 0 Å². The van der Waals surface area contributed by atoms with Crippen LogP contribution in [0.1, 0.15) is 47.5 Å². The molecule has 98 valence electrons. The van der Waals surface area contributed by atoms with Crippen LogP contribution in [-0.2, 0) is 0 Å². The summed E-state index contributed by atoms with van der Waals surface area (Å²) in [5.74, 6) is 0. The van der Waals surface area contributed by atoms with Crippen LogP contribution in [-0.4, -0.2) is 49.6 Å². The van der Waals surface area contributed by atoms with Crippen LogP contribution in [0.2, 0.25) is 0 Å². The number of hydrogen-bond acceptors (Lipinski definition) is 2. The smallest absolute Gasteiger partial charge is 0.00513 e. The van der Waals surface area contributed by atoms with Gasteiger partial charge in [-0.05, 0) is 44.9 Å². The fourth-order valence-electron chi connectivity index (χ4n) is 2.54. The van der Waals surface area contributed by atoms with Gasteiger partial charge in [-0.3, -0.25) is 0 Å². The number of nitrogens with zero attached hydrogens (tertiary/aromatic N) is 2. The Hall–Kier alpha value is -0.0800. The molecule has 0 bridgehead atoms. The first-order valence-electron chi connectivity index (χ1n) is 7.15. The highest BCUT2D eigenvalue weighted by molar-refractivity contribution is 4.97. The maximum atomic E-state index is 2.56. The molecule has 0 unspecified atom stereocenters. The molecule has 2 nitrogen and oxygen atoms in total. The van der Waals surface area contributed by atoms with Gasteiger partial charge in [0.1, 0.15) is 0 Å². The van der Waals surface area contributed by atoms with Gasteiger partial charge >= 0.3 is 0 Å². The molecule has 0 atom stereocenters. The molecule has 1 spiro atoms. The fourth-order valence-corrected chi connectivity index (χ4v) is 2.54. The fraction of sp³-hybridized carbons (Fsp3) is 1.00. The first-order valence-corrected chi connectivity index (χ1v) is 7.15. The molecular formula is C14H32N2. The maximum absolute atomic E-state index is 2.56. The highest BCUT2D eigenvalue weighted by Gasteiger charge is 2.43. The van der Waals surface area contributed by atoms with Crippen LogP contribution in [0.3, 0.4) is 0 Å². The molecule has 2 rings (SSSR count). The molecule has 0 aromatic heterocycles. The predicted molar refractivity (Wildman–Crippen MR) is 74.0 cm³/mol. The van der Waals surface area contributed by atoms with Gasteiger partial charge in [-0.15, -0.1) is 0 Å². The second kappa shape index (κ2) is 8.08. The molecule has 0 aromatic rings. The summed E-state index contributed by atoms with van der Waals surface area (Å²) in [6.45, 7) is 16.9. The van der Waals surface area contributed by atoms with Gasteiger partial charge in [-0.25, -0.2) is 0 Å². The third kappa shape index (κ3) is 4.06. The van der Waals surface area contributed by atoms with Gasteiger partial charge in [0.25, 0.3) is 0 Å². The Morgan fingerprint density at radius 1 is 0.938 bits per heavy atom. The zero-order valence-electron chi connectivity index (χ0n) is 12.3. The first kappa shape index (κ1) is 15.9. The third-order valence-corrected chi connectivity index (χ3v) is 3.61. The predicted octanol–water partition coefficient (Wildman–Crippen LogP) is 3.09. The minimum absolute atomic E-state index is 0.739. The van der Waals surface area contributed by atoms with Crippen molar-refractivity contribution in [3.8, 4) is 0 Å². The summed E-state index contributed by atoms with van der Waals surface area (Å²) in [5, 5.41) is 0. The lowest BCUT2D eigenvalue weighted by atomic mass is 9.72. The molecule has 2 heteroatoms. The number of hydrogen-bond donors (Lipinski definition) is 0. The molecule has 2 aliphatic rings. The van der Waals surface area contributed by atoms with Crippen LogP contribution in [0.15, 0.2) is 0 Å². The summed E-state index contributed by atoms with van der Waals surface area (Å²) in [7, 11) is 2.24. The largest absolute Gasteiger partial charge is 0.306 e. The van der Waals surface area contributed by atoms with Gasteiger partial charge in [0.2, 0.25) is 0 Å². The molecule has 0 aliphatic carbocycles. The van der Waals surface area contributed by atoms with Gasteiger partial charge in [0, 0.05) is 13.1 Å². The molecule has 2 aliphatic heterocycles. The van der Waals surface area contributed by atoms with Crippen molar-refractivity contribution < 1.29 is 0 Å². The quantitative estimate of drug-likeness (QED) is 0.680. The van der Waals surface area contributed by atoms with Crippen molar-refractivity contribution in [3.05, 3.63) is 0 Å². The van der Waals surface area contributed by atoms with Crippen molar-refractivity contribution in [2.75, 3.05) is 39.8 Å². The number of piperidine rings is 1. The zero-order valence-corrected chi connectivity index (χ0v) is 12.3. The molecule has 0 saturated carbocycles. The van der Waals surface area contributed by atoms with E-state index in [0.717, 1.165) is 5.41 Å². The highest BCUT2D eigenvalue weighted by Crippen LogP contribution is 2.39. The molecule has 2 fully saturated rings. The van der Waals surface area contributed by atoms with E-state index < -0.39 is 0 Å². The Balaban J connectivity index is 0.000000509. The molecule has 0 amide bonds. The lowest BCUT2D eigenvalue weighted by molar-refractivity contribution is -0.0390. The molecule has 0 radical (unpaired) electrons. The van der Waals surface area contributed by atoms with Gasteiger partial charge in [0.05, 0.1) is 0 Å². The summed E-state index contributed by atoms with van der Waals surface area (Å²) in [5.41, 5.74) is 0.739. The van der Waals surface area contributed by atoms with Crippen molar-refractivity contribution in [1.29, 1.82) is 0 Å². The van der Waals surface area contributed by atoms with Crippen LogP contribution in [0, 0.1) is 5.41 Å². The lowest BCUT2D eigenvalue weighted by Gasteiger charge is -2.53. The molecule has 0 aromatic carbocycles. The normalized spacial score (nSPS) is 23.6. The van der Waals surface area contributed by atoms with Crippen LogP contribution < -0.4 is 0 Å². The van der Waals surface area contributed by atoms with Gasteiger partial charge in [-0.2, -0.15) is 0 Å². The van der Waals surface area contributed by atoms with Crippen LogP contribution in [0.5, 0.6) is 0 Å². The molecule has 2 heterocycles. The molecule has 2 saturated heterocycles. The zero-order chi connectivity index (χ0) is 12.6. The van der Waals surface area contributed by atoms with E-state index in [1.807, 2.05) is 27.7 Å².